The topological polar surface area (TPSA) is 60.2 Å². The number of hydrogen-bond donors (Lipinski definition) is 2. The van der Waals surface area contributed by atoms with Gasteiger partial charge in [0.1, 0.15) is 11.6 Å². The molecule has 0 spiro atoms. The van der Waals surface area contributed by atoms with Crippen molar-refractivity contribution >= 4 is 5.82 Å². The van der Waals surface area contributed by atoms with Crippen molar-refractivity contribution in [3.05, 3.63) is 53.7 Å². The number of aromatic nitrogens is 1. The summed E-state index contributed by atoms with van der Waals surface area (Å²) in [5, 5.41) is 3.21. The SMILES string of the molecule is C[C@@H](NCc1ccnc(N)c1)c1cccc(OC(F)(F)F)c1. The molecule has 0 unspecified atom stereocenters. The van der Waals surface area contributed by atoms with E-state index < -0.39 is 6.36 Å². The van der Waals surface area contributed by atoms with Gasteiger partial charge in [-0.1, -0.05) is 12.1 Å². The van der Waals surface area contributed by atoms with Crippen molar-refractivity contribution in [3.63, 3.8) is 0 Å². The maximum absolute atomic E-state index is 12.2. The van der Waals surface area contributed by atoms with Crippen LogP contribution in [0.2, 0.25) is 0 Å². The summed E-state index contributed by atoms with van der Waals surface area (Å²) in [5.41, 5.74) is 7.24. The lowest BCUT2D eigenvalue weighted by Crippen LogP contribution is -2.19. The number of rotatable bonds is 5. The Morgan fingerprint density at radius 3 is 2.73 bits per heavy atom. The van der Waals surface area contributed by atoms with Gasteiger partial charge < -0.3 is 15.8 Å². The minimum absolute atomic E-state index is 0.147. The molecule has 0 aliphatic heterocycles. The first-order chi connectivity index (χ1) is 10.3. The van der Waals surface area contributed by atoms with E-state index in [-0.39, 0.29) is 11.8 Å². The summed E-state index contributed by atoms with van der Waals surface area (Å²) in [4.78, 5) is 3.90. The number of pyridine rings is 1. The molecule has 118 valence electrons. The molecule has 2 aromatic rings. The predicted molar refractivity (Wildman–Crippen MR) is 77.0 cm³/mol. The van der Waals surface area contributed by atoms with Gasteiger partial charge in [-0.3, -0.25) is 0 Å². The Kier molecular flexibility index (Phi) is 4.87. The maximum atomic E-state index is 12.2. The van der Waals surface area contributed by atoms with Crippen molar-refractivity contribution in [1.82, 2.24) is 10.3 Å². The summed E-state index contributed by atoms with van der Waals surface area (Å²) in [5.74, 6) is 0.194. The highest BCUT2D eigenvalue weighted by atomic mass is 19.4. The summed E-state index contributed by atoms with van der Waals surface area (Å²) >= 11 is 0. The molecule has 2 rings (SSSR count). The second-order valence-electron chi connectivity index (χ2n) is 4.81. The monoisotopic (exact) mass is 311 g/mol. The van der Waals surface area contributed by atoms with Crippen molar-refractivity contribution in [2.24, 2.45) is 0 Å². The van der Waals surface area contributed by atoms with Gasteiger partial charge in [-0.25, -0.2) is 4.98 Å². The molecular formula is C15H16F3N3O. The number of nitrogens with two attached hydrogens (primary N) is 1. The third-order valence-corrected chi connectivity index (χ3v) is 3.05. The number of halogens is 3. The van der Waals surface area contributed by atoms with E-state index in [1.807, 2.05) is 13.0 Å². The molecule has 0 saturated carbocycles. The highest BCUT2D eigenvalue weighted by molar-refractivity contribution is 5.32. The lowest BCUT2D eigenvalue weighted by atomic mass is 10.1. The Morgan fingerprint density at radius 1 is 1.27 bits per heavy atom. The molecule has 7 heteroatoms. The number of nitrogens with zero attached hydrogens (tertiary/aromatic N) is 1. The van der Waals surface area contributed by atoms with E-state index in [1.54, 1.807) is 18.3 Å². The van der Waals surface area contributed by atoms with Crippen molar-refractivity contribution in [2.45, 2.75) is 25.9 Å². The number of ether oxygens (including phenoxy) is 1. The van der Waals surface area contributed by atoms with E-state index in [0.29, 0.717) is 17.9 Å². The molecule has 0 fully saturated rings. The van der Waals surface area contributed by atoms with Crippen molar-refractivity contribution in [1.29, 1.82) is 0 Å². The minimum atomic E-state index is -4.69. The predicted octanol–water partition coefficient (Wildman–Crippen LogP) is 3.41. The first kappa shape index (κ1) is 16.1. The molecule has 1 atom stereocenters. The van der Waals surface area contributed by atoms with E-state index in [1.165, 1.54) is 18.2 Å². The summed E-state index contributed by atoms with van der Waals surface area (Å²) < 4.78 is 40.6. The second kappa shape index (κ2) is 6.65. The summed E-state index contributed by atoms with van der Waals surface area (Å²) in [6, 6.07) is 9.31. The highest BCUT2D eigenvalue weighted by Gasteiger charge is 2.31. The van der Waals surface area contributed by atoms with Gasteiger partial charge in [0.05, 0.1) is 0 Å². The molecule has 0 aliphatic carbocycles. The molecule has 1 aromatic heterocycles. The molecule has 0 radical (unpaired) electrons. The van der Waals surface area contributed by atoms with E-state index in [9.17, 15) is 13.2 Å². The van der Waals surface area contributed by atoms with Gasteiger partial charge in [0.2, 0.25) is 0 Å². The zero-order valence-electron chi connectivity index (χ0n) is 11.9. The van der Waals surface area contributed by atoms with Gasteiger partial charge in [0.25, 0.3) is 0 Å². The Labute approximate surface area is 126 Å². The van der Waals surface area contributed by atoms with Crippen LogP contribution in [0.5, 0.6) is 5.75 Å². The van der Waals surface area contributed by atoms with Crippen LogP contribution < -0.4 is 15.8 Å². The fourth-order valence-electron chi connectivity index (χ4n) is 1.97. The van der Waals surface area contributed by atoms with Crippen molar-refractivity contribution < 1.29 is 17.9 Å². The fraction of sp³-hybridized carbons (Fsp3) is 0.267. The lowest BCUT2D eigenvalue weighted by molar-refractivity contribution is -0.274. The summed E-state index contributed by atoms with van der Waals surface area (Å²) in [6.07, 6.45) is -3.08. The largest absolute Gasteiger partial charge is 0.573 e. The summed E-state index contributed by atoms with van der Waals surface area (Å²) in [6.45, 7) is 2.38. The fourth-order valence-corrected chi connectivity index (χ4v) is 1.97. The average Bonchev–Trinajstić information content (AvgIpc) is 2.43. The molecule has 4 nitrogen and oxygen atoms in total. The first-order valence-electron chi connectivity index (χ1n) is 6.63. The number of benzene rings is 1. The van der Waals surface area contributed by atoms with Crippen LogP contribution in [0.1, 0.15) is 24.1 Å². The molecule has 0 aliphatic rings. The van der Waals surface area contributed by atoms with Crippen LogP contribution in [0.3, 0.4) is 0 Å². The van der Waals surface area contributed by atoms with E-state index in [2.05, 4.69) is 15.0 Å². The third-order valence-electron chi connectivity index (χ3n) is 3.05. The van der Waals surface area contributed by atoms with Crippen LogP contribution >= 0.6 is 0 Å². The Morgan fingerprint density at radius 2 is 2.05 bits per heavy atom. The van der Waals surface area contributed by atoms with Crippen LogP contribution in [0.25, 0.3) is 0 Å². The Hall–Kier alpha value is -2.28. The molecular weight excluding hydrogens is 295 g/mol. The average molecular weight is 311 g/mol. The standard InChI is InChI=1S/C15H16F3N3O/c1-10(21-9-11-5-6-20-14(19)7-11)12-3-2-4-13(8-12)22-15(16,17)18/h2-8,10,21H,9H2,1H3,(H2,19,20)/t10-/m1/s1. The van der Waals surface area contributed by atoms with Crippen LogP contribution in [-0.2, 0) is 6.54 Å². The van der Waals surface area contributed by atoms with E-state index in [0.717, 1.165) is 5.56 Å². The van der Waals surface area contributed by atoms with Gasteiger partial charge >= 0.3 is 6.36 Å². The molecule has 1 aromatic carbocycles. The molecule has 0 bridgehead atoms. The molecule has 0 amide bonds. The number of nitrogens with one attached hydrogen (secondary N) is 1. The quantitative estimate of drug-likeness (QED) is 0.888. The number of alkyl halides is 3. The first-order valence-corrected chi connectivity index (χ1v) is 6.63. The number of hydrogen-bond acceptors (Lipinski definition) is 4. The highest BCUT2D eigenvalue weighted by Crippen LogP contribution is 2.25. The van der Waals surface area contributed by atoms with Gasteiger partial charge in [-0.15, -0.1) is 13.2 Å². The molecule has 22 heavy (non-hydrogen) atoms. The van der Waals surface area contributed by atoms with Gasteiger partial charge in [0.15, 0.2) is 0 Å². The zero-order valence-corrected chi connectivity index (χ0v) is 11.9. The lowest BCUT2D eigenvalue weighted by Gasteiger charge is -2.16. The van der Waals surface area contributed by atoms with Gasteiger partial charge in [-0.05, 0) is 42.3 Å². The molecule has 0 saturated heterocycles. The van der Waals surface area contributed by atoms with Gasteiger partial charge in [0, 0.05) is 18.8 Å². The number of anilines is 1. The summed E-state index contributed by atoms with van der Waals surface area (Å²) in [7, 11) is 0. The van der Waals surface area contributed by atoms with Gasteiger partial charge in [-0.2, -0.15) is 0 Å². The molecule has 1 heterocycles. The van der Waals surface area contributed by atoms with Crippen molar-refractivity contribution in [2.75, 3.05) is 5.73 Å². The van der Waals surface area contributed by atoms with Crippen molar-refractivity contribution in [3.8, 4) is 5.75 Å². The van der Waals surface area contributed by atoms with E-state index >= 15 is 0 Å². The maximum Gasteiger partial charge on any atom is 0.573 e. The minimum Gasteiger partial charge on any atom is -0.406 e. The van der Waals surface area contributed by atoms with E-state index in [4.69, 9.17) is 5.73 Å². The van der Waals surface area contributed by atoms with Crippen LogP contribution in [0.15, 0.2) is 42.6 Å². The molecule has 3 N–H and O–H groups in total. The Balaban J connectivity index is 2.00. The van der Waals surface area contributed by atoms with Crippen LogP contribution in [0, 0.1) is 0 Å². The normalized spacial score (nSPS) is 12.9. The third kappa shape index (κ3) is 4.92. The zero-order chi connectivity index (χ0) is 16.2. The second-order valence-corrected chi connectivity index (χ2v) is 4.81. The smallest absolute Gasteiger partial charge is 0.406 e. The van der Waals surface area contributed by atoms with Crippen LogP contribution in [0.4, 0.5) is 19.0 Å². The van der Waals surface area contributed by atoms with Crippen LogP contribution in [-0.4, -0.2) is 11.3 Å². The Bertz CT molecular complexity index is 631. The number of nitrogen functional groups attached to an aromatic ring is 1.